The predicted molar refractivity (Wildman–Crippen MR) is 424 cm³/mol. The second kappa shape index (κ2) is 56.5. The zero-order chi connectivity index (χ0) is 85.0. The van der Waals surface area contributed by atoms with E-state index in [0.29, 0.717) is 30.2 Å². The van der Waals surface area contributed by atoms with E-state index in [1.807, 2.05) is 152 Å². The van der Waals surface area contributed by atoms with Gasteiger partial charge in [0.05, 0.1) is 50.6 Å². The Morgan fingerprint density at radius 3 is 1.16 bits per heavy atom. The smallest absolute Gasteiger partial charge is 0.408 e. The van der Waals surface area contributed by atoms with E-state index in [-0.39, 0.29) is 79.8 Å². The summed E-state index contributed by atoms with van der Waals surface area (Å²) in [6.07, 6.45) is 15.4. The van der Waals surface area contributed by atoms with Crippen LogP contribution in [0.2, 0.25) is 0 Å². The largest absolute Gasteiger partial charge is 0.480 e. The number of alkyl carbamates (subject to hydrolysis) is 3. The minimum atomic E-state index is -1.18. The number of carboxylic acid groups (broad SMARTS) is 2. The maximum atomic E-state index is 12.8. The van der Waals surface area contributed by atoms with Crippen molar-refractivity contribution in [3.05, 3.63) is 223 Å². The Balaban J connectivity index is 0.000000747. The third-order valence-corrected chi connectivity index (χ3v) is 13.8. The van der Waals surface area contributed by atoms with Gasteiger partial charge in [0, 0.05) is 72.0 Å². The van der Waals surface area contributed by atoms with Crippen LogP contribution >= 0.6 is 0 Å². The van der Waals surface area contributed by atoms with Crippen LogP contribution in [0.4, 0.5) is 14.4 Å². The molecule has 8 aromatic rings. The molecule has 35 nitrogen and oxygen atoms in total. The fourth-order valence-electron chi connectivity index (χ4n) is 8.83. The first-order valence-electron chi connectivity index (χ1n) is 35.3. The molecule has 0 aliphatic heterocycles. The molecule has 3 aromatic heterocycles. The van der Waals surface area contributed by atoms with E-state index < -0.39 is 95.1 Å². The molecule has 0 aliphatic carbocycles. The van der Waals surface area contributed by atoms with Crippen LogP contribution in [-0.4, -0.2) is 190 Å². The summed E-state index contributed by atoms with van der Waals surface area (Å²) >= 11 is 0. The zero-order valence-electron chi connectivity index (χ0n) is 67.4. The van der Waals surface area contributed by atoms with Gasteiger partial charge in [-0.1, -0.05) is 162 Å². The molecule has 117 heavy (non-hydrogen) atoms. The van der Waals surface area contributed by atoms with E-state index in [1.54, 1.807) is 84.1 Å². The normalized spacial score (nSPS) is 11.8. The van der Waals surface area contributed by atoms with Crippen LogP contribution < -0.4 is 16.0 Å². The summed E-state index contributed by atoms with van der Waals surface area (Å²) in [6.45, 7) is 17.0. The molecule has 0 spiro atoms. The monoisotopic (exact) mass is 1710 g/mol. The Morgan fingerprint density at radius 1 is 0.479 bits per heavy atom. The number of ether oxygens (including phenoxy) is 6. The number of nitrogens with one attached hydrogen (secondary N) is 4. The number of carbonyl (C=O) groups is 8. The van der Waals surface area contributed by atoms with Crippen molar-refractivity contribution in [1.29, 1.82) is 0 Å². The van der Waals surface area contributed by atoms with E-state index in [4.69, 9.17) is 56.6 Å². The molecule has 36 heteroatoms. The van der Waals surface area contributed by atoms with Crippen molar-refractivity contribution in [3.63, 3.8) is 0 Å². The van der Waals surface area contributed by atoms with Crippen LogP contribution in [0.1, 0.15) is 120 Å². The van der Waals surface area contributed by atoms with Crippen LogP contribution in [-0.2, 0) is 145 Å². The van der Waals surface area contributed by atoms with E-state index in [9.17, 15) is 38.4 Å². The summed E-state index contributed by atoms with van der Waals surface area (Å²) in [7, 11) is 3.64. The number of aromatic nitrogens is 9. The van der Waals surface area contributed by atoms with Gasteiger partial charge in [0.15, 0.2) is 12.1 Å². The van der Waals surface area contributed by atoms with E-state index >= 15 is 0 Å². The summed E-state index contributed by atoms with van der Waals surface area (Å²) in [5, 5.41) is 57.9. The SMILES string of the molecule is C#CC[C@@H](NC(=O)OC(C)(C)C)C(=O)OCc1ccccc1.C#CC[C@H](NC(=O)OC(C)(C)C)C(=O)O.CC(C)(C)OC(=O)N[C@H](Cc1cn(Cc2ccccc2)nn1)C(=O)OCc1ccccc1.CO.COOC=N[C@@H](Cc1cn(Cc2ccccc2)nn1)C(=O)OCc1ccccc1.COOC=N[C@@H](Cc1cn[nH]n1)C(=O)O.[CH3-].[Pd]. The Hall–Kier alpha value is -12.7. The number of nitrogens with zero attached hydrogens (tertiary/aromatic N) is 10. The summed E-state index contributed by atoms with van der Waals surface area (Å²) in [4.78, 5) is 119. The molecule has 5 aromatic carbocycles. The number of aliphatic imine (C=N–C) groups is 2. The van der Waals surface area contributed by atoms with Crippen molar-refractivity contribution in [3.8, 4) is 24.7 Å². The summed E-state index contributed by atoms with van der Waals surface area (Å²) in [5.74, 6) is 0.608. The minimum Gasteiger partial charge on any atom is -0.480 e. The van der Waals surface area contributed by atoms with E-state index in [1.165, 1.54) is 20.4 Å². The van der Waals surface area contributed by atoms with Gasteiger partial charge in [0.1, 0.15) is 54.7 Å². The molecule has 0 radical (unpaired) electrons. The van der Waals surface area contributed by atoms with Gasteiger partial charge >= 0.3 is 48.1 Å². The number of amides is 3. The molecule has 3 heterocycles. The Kier molecular flexibility index (Phi) is 49.4. The number of hydrogen-bond acceptors (Lipinski definition) is 27. The number of carbonyl (C=O) groups excluding carboxylic acids is 6. The van der Waals surface area contributed by atoms with Gasteiger partial charge in [-0.25, -0.2) is 57.7 Å². The zero-order valence-corrected chi connectivity index (χ0v) is 69.0. The third-order valence-electron chi connectivity index (χ3n) is 13.8. The first-order chi connectivity index (χ1) is 54.8. The van der Waals surface area contributed by atoms with Gasteiger partial charge in [-0.2, -0.15) is 25.2 Å². The average molecular weight is 1720 g/mol. The number of terminal acetylenes is 2. The molecule has 0 saturated heterocycles. The average Bonchev–Trinajstić information content (AvgIpc) is 1.78. The van der Waals surface area contributed by atoms with Gasteiger partial charge in [-0.15, -0.1) is 34.9 Å². The fraction of sp³-hybridized carbons (Fsp3) is 0.370. The first kappa shape index (κ1) is 102. The number of aliphatic hydroxyl groups excluding tert-OH is 1. The number of benzene rings is 5. The number of hydrogen-bond donors (Lipinski definition) is 7. The minimum absolute atomic E-state index is 0. The Bertz CT molecular complexity index is 4300. The van der Waals surface area contributed by atoms with Crippen LogP contribution in [0.3, 0.4) is 0 Å². The molecule has 0 saturated carbocycles. The van der Waals surface area contributed by atoms with Crippen LogP contribution in [0, 0.1) is 32.1 Å². The number of esters is 3. The van der Waals surface area contributed by atoms with Gasteiger partial charge in [0.2, 0.25) is 12.8 Å². The van der Waals surface area contributed by atoms with Gasteiger partial charge in [0.25, 0.3) is 0 Å². The molecule has 3 amide bonds. The molecular weight excluding hydrogens is 1610 g/mol. The molecule has 5 atom stereocenters. The number of carboxylic acids is 2. The first-order valence-corrected chi connectivity index (χ1v) is 35.3. The van der Waals surface area contributed by atoms with E-state index in [2.05, 4.69) is 93.4 Å². The molecule has 8 rings (SSSR count). The number of aliphatic carboxylic acids is 2. The molecule has 7 N–H and O–H groups in total. The standard InChI is InChI=1S/C24H28N4O4.C21H22N4O4.C17H21NO4.C10H15NO4.C7H10N4O4.CH4O.CH3.Pd/c1-24(2,3)32-23(30)25-21(22(29)31-17-19-12-8-5-9-13-19)14-20-16-28(27-26-20)15-18-10-6-4-7-11-18;1-27-29-16-22-20(21(26)28-15-18-10-6-3-7-11-18)12-19-14-25(24-23-19)13-17-8-4-2-5-9-17;1-5-9-14(18-16(20)22-17(2,3)4)15(19)21-12-13-10-7-6-8-11-13;1-5-6-7(8(12)13)11-9(14)15-10(2,3)4;1-14-15-4-8-6(7(12)13)2-5-3-9-11-10-5;1-2;;/h4-13,16,21H,14-15,17H2,1-3H3,(H,25,30);2-11,14,16,20H,12-13,15H2,1H3;1,6-8,10-11,14H,9,12H2,2-4H3,(H,18,20);1,7H,6H2,2-4H3,(H,11,14)(H,12,13);3-4,6H,2H2,1H3,(H,12,13)(H,9,10,11);2H,1H3;1H3;/q;;;;;;-1;/t21-;20-;14-;7-;6-;;;/m10100.../s1. The van der Waals surface area contributed by atoms with Crippen molar-refractivity contribution in [2.75, 3.05) is 21.3 Å². The molecule has 0 aliphatic rings. The topological polar surface area (TPSA) is 453 Å². The molecule has 0 fully saturated rings. The van der Waals surface area contributed by atoms with Crippen molar-refractivity contribution < 1.29 is 122 Å². The molecule has 634 valence electrons. The second-order valence-corrected chi connectivity index (χ2v) is 26.8. The maximum absolute atomic E-state index is 12.8. The second-order valence-electron chi connectivity index (χ2n) is 26.8. The summed E-state index contributed by atoms with van der Waals surface area (Å²) in [6, 6.07) is 43.0. The molecule has 0 bridgehead atoms. The van der Waals surface area contributed by atoms with Gasteiger partial charge in [-0.05, 0) is 90.1 Å². The maximum Gasteiger partial charge on any atom is 0.408 e. The van der Waals surface area contributed by atoms with Crippen molar-refractivity contribution >= 4 is 60.9 Å². The van der Waals surface area contributed by atoms with Crippen LogP contribution in [0.15, 0.2) is 180 Å². The van der Waals surface area contributed by atoms with Gasteiger partial charge < -0.3 is 76.9 Å². The summed E-state index contributed by atoms with van der Waals surface area (Å²) in [5.41, 5.74) is 4.46. The number of H-pyrrole nitrogens is 1. The van der Waals surface area contributed by atoms with Crippen LogP contribution in [0.5, 0.6) is 0 Å². The van der Waals surface area contributed by atoms with Crippen molar-refractivity contribution in [2.24, 2.45) is 9.98 Å². The van der Waals surface area contributed by atoms with Gasteiger partial charge in [-0.3, -0.25) is 0 Å². The predicted octanol–water partition coefficient (Wildman–Crippen LogP) is 9.19. The Labute approximate surface area is 693 Å². The molecular formula is C81H103N14O21Pd-. The van der Waals surface area contributed by atoms with Crippen LogP contribution in [0.25, 0.3) is 0 Å². The number of aromatic amines is 1. The third kappa shape index (κ3) is 46.9. The number of aliphatic hydroxyl groups is 1. The summed E-state index contributed by atoms with van der Waals surface area (Å²) < 4.78 is 34.7. The van der Waals surface area contributed by atoms with Crippen molar-refractivity contribution in [1.82, 2.24) is 61.3 Å². The van der Waals surface area contributed by atoms with Crippen molar-refractivity contribution in [2.45, 2.75) is 174 Å². The number of rotatable bonds is 32. The quantitative estimate of drug-likeness (QED) is 0.00237. The fourth-order valence-corrected chi connectivity index (χ4v) is 8.83. The Morgan fingerprint density at radius 2 is 0.812 bits per heavy atom. The van der Waals surface area contributed by atoms with E-state index in [0.717, 1.165) is 47.7 Å². The molecule has 0 unspecified atom stereocenters.